The third-order valence-corrected chi connectivity index (χ3v) is 3.97. The predicted octanol–water partition coefficient (Wildman–Crippen LogP) is 3.46. The fraction of sp³-hybridized carbons (Fsp3) is 0.200. The second-order valence-electron chi connectivity index (χ2n) is 4.73. The molecule has 0 atom stereocenters. The first-order valence-electron chi connectivity index (χ1n) is 6.81. The molecule has 1 amide bonds. The van der Waals surface area contributed by atoms with E-state index < -0.39 is 0 Å². The van der Waals surface area contributed by atoms with Gasteiger partial charge in [0.15, 0.2) is 0 Å². The minimum atomic E-state index is -0.191. The van der Waals surface area contributed by atoms with Crippen LogP contribution in [0, 0.1) is 0 Å². The number of carbonyl (C=O) groups is 1. The summed E-state index contributed by atoms with van der Waals surface area (Å²) in [7, 11) is 0. The summed E-state index contributed by atoms with van der Waals surface area (Å²) in [5.74, 6) is 0.152. The molecule has 22 heavy (non-hydrogen) atoms. The van der Waals surface area contributed by atoms with E-state index >= 15 is 0 Å². The number of hydrogen-bond donors (Lipinski definition) is 1. The third-order valence-electron chi connectivity index (χ3n) is 3.14. The zero-order chi connectivity index (χ0) is 15.4. The third kappa shape index (κ3) is 3.48. The van der Waals surface area contributed by atoms with Crippen LogP contribution in [0.2, 0.25) is 0 Å². The second kappa shape index (κ2) is 6.65. The van der Waals surface area contributed by atoms with Crippen molar-refractivity contribution in [2.45, 2.75) is 19.3 Å². The Morgan fingerprint density at radius 3 is 2.77 bits per heavy atom. The number of amides is 1. The van der Waals surface area contributed by atoms with Crippen molar-refractivity contribution in [1.29, 1.82) is 0 Å². The Bertz CT molecular complexity index is 737. The number of carbonyl (C=O) groups excluding carboxylic acids is 1. The fourth-order valence-corrected chi connectivity index (χ4v) is 2.61. The van der Waals surface area contributed by atoms with Crippen molar-refractivity contribution >= 4 is 27.9 Å². The molecule has 0 aliphatic heterocycles. The molecule has 1 aliphatic rings. The SMILES string of the molecule is O=C(CC1=CCCC=C1Br)Nc1nnc(-c2ccncc2)o1. The molecule has 6 nitrogen and oxygen atoms in total. The smallest absolute Gasteiger partial charge is 0.322 e. The normalized spacial score (nSPS) is 14.2. The van der Waals surface area contributed by atoms with Gasteiger partial charge < -0.3 is 4.42 Å². The summed E-state index contributed by atoms with van der Waals surface area (Å²) in [6, 6.07) is 3.61. The van der Waals surface area contributed by atoms with E-state index in [1.165, 1.54) is 0 Å². The maximum absolute atomic E-state index is 12.0. The topological polar surface area (TPSA) is 80.9 Å². The zero-order valence-corrected chi connectivity index (χ0v) is 13.2. The lowest BCUT2D eigenvalue weighted by molar-refractivity contribution is -0.115. The molecule has 7 heteroatoms. The summed E-state index contributed by atoms with van der Waals surface area (Å²) >= 11 is 3.46. The number of hydrogen-bond acceptors (Lipinski definition) is 5. The molecule has 2 heterocycles. The van der Waals surface area contributed by atoms with Crippen molar-refractivity contribution < 1.29 is 9.21 Å². The molecule has 112 valence electrons. The van der Waals surface area contributed by atoms with Crippen LogP contribution in [0.25, 0.3) is 11.5 Å². The van der Waals surface area contributed by atoms with Gasteiger partial charge in [-0.15, -0.1) is 5.10 Å². The van der Waals surface area contributed by atoms with Crippen LogP contribution < -0.4 is 5.32 Å². The molecule has 2 aromatic rings. The van der Waals surface area contributed by atoms with E-state index in [-0.39, 0.29) is 18.3 Å². The van der Waals surface area contributed by atoms with Crippen molar-refractivity contribution in [3.05, 3.63) is 46.7 Å². The monoisotopic (exact) mass is 360 g/mol. The molecule has 0 aromatic carbocycles. The molecular formula is C15H13BrN4O2. The number of pyridine rings is 1. The van der Waals surface area contributed by atoms with Gasteiger partial charge in [-0.05, 0) is 30.5 Å². The lowest BCUT2D eigenvalue weighted by Gasteiger charge is -2.10. The molecule has 1 N–H and O–H groups in total. The molecule has 0 saturated carbocycles. The van der Waals surface area contributed by atoms with Crippen LogP contribution in [0.5, 0.6) is 0 Å². The Morgan fingerprint density at radius 2 is 2.00 bits per heavy atom. The predicted molar refractivity (Wildman–Crippen MR) is 85.1 cm³/mol. The van der Waals surface area contributed by atoms with E-state index in [2.05, 4.69) is 48.6 Å². The zero-order valence-electron chi connectivity index (χ0n) is 11.6. The summed E-state index contributed by atoms with van der Waals surface area (Å²) in [6.07, 6.45) is 9.60. The van der Waals surface area contributed by atoms with E-state index in [1.807, 2.05) is 0 Å². The van der Waals surface area contributed by atoms with Gasteiger partial charge in [-0.2, -0.15) is 0 Å². The molecule has 0 saturated heterocycles. The number of halogens is 1. The van der Waals surface area contributed by atoms with Gasteiger partial charge in [0.2, 0.25) is 11.8 Å². The van der Waals surface area contributed by atoms with Gasteiger partial charge in [-0.3, -0.25) is 15.1 Å². The first-order chi connectivity index (χ1) is 10.7. The van der Waals surface area contributed by atoms with E-state index in [1.54, 1.807) is 24.5 Å². The van der Waals surface area contributed by atoms with Crippen LogP contribution in [0.1, 0.15) is 19.3 Å². The van der Waals surface area contributed by atoms with E-state index in [9.17, 15) is 4.79 Å². The minimum absolute atomic E-state index is 0.0910. The van der Waals surface area contributed by atoms with Crippen LogP contribution in [0.4, 0.5) is 6.01 Å². The largest absolute Gasteiger partial charge is 0.403 e. The van der Waals surface area contributed by atoms with Crippen molar-refractivity contribution in [3.63, 3.8) is 0 Å². The molecule has 0 spiro atoms. The highest BCUT2D eigenvalue weighted by atomic mass is 79.9. The standard InChI is InChI=1S/C15H13BrN4O2/c16-12-4-2-1-3-11(12)9-13(21)18-15-20-19-14(22-15)10-5-7-17-8-6-10/h3-8H,1-2,9H2,(H,18,20,21). The van der Waals surface area contributed by atoms with E-state index in [4.69, 9.17) is 4.42 Å². The summed E-state index contributed by atoms with van der Waals surface area (Å²) in [4.78, 5) is 16.0. The van der Waals surface area contributed by atoms with Crippen LogP contribution in [-0.4, -0.2) is 21.1 Å². The average Bonchev–Trinajstić information content (AvgIpc) is 2.99. The molecule has 2 aromatic heterocycles. The maximum Gasteiger partial charge on any atom is 0.322 e. The number of allylic oxidation sites excluding steroid dienone is 3. The van der Waals surface area contributed by atoms with Crippen molar-refractivity contribution in [3.8, 4) is 11.5 Å². The van der Waals surface area contributed by atoms with Crippen LogP contribution >= 0.6 is 15.9 Å². The molecule has 0 bridgehead atoms. The van der Waals surface area contributed by atoms with Gasteiger partial charge in [0, 0.05) is 22.4 Å². The molecule has 0 unspecified atom stereocenters. The van der Waals surface area contributed by atoms with Gasteiger partial charge in [0.1, 0.15) is 0 Å². The van der Waals surface area contributed by atoms with Crippen molar-refractivity contribution in [2.24, 2.45) is 0 Å². The fourth-order valence-electron chi connectivity index (χ4n) is 2.07. The highest BCUT2D eigenvalue weighted by Crippen LogP contribution is 2.26. The van der Waals surface area contributed by atoms with Gasteiger partial charge >= 0.3 is 6.01 Å². The molecule has 0 radical (unpaired) electrons. The van der Waals surface area contributed by atoms with E-state index in [0.29, 0.717) is 5.89 Å². The number of rotatable bonds is 4. The molecule has 1 aliphatic carbocycles. The minimum Gasteiger partial charge on any atom is -0.403 e. The lowest BCUT2D eigenvalue weighted by Crippen LogP contribution is -2.13. The summed E-state index contributed by atoms with van der Waals surface area (Å²) in [5, 5.41) is 10.4. The van der Waals surface area contributed by atoms with E-state index in [0.717, 1.165) is 28.5 Å². The Morgan fingerprint density at radius 1 is 1.23 bits per heavy atom. The first kappa shape index (κ1) is 14.6. The number of nitrogens with one attached hydrogen (secondary N) is 1. The molecule has 3 rings (SSSR count). The van der Waals surface area contributed by atoms with Gasteiger partial charge in [-0.25, -0.2) is 0 Å². The Kier molecular flexibility index (Phi) is 4.43. The summed E-state index contributed by atoms with van der Waals surface area (Å²) in [5.41, 5.74) is 1.72. The Balaban J connectivity index is 1.64. The second-order valence-corrected chi connectivity index (χ2v) is 5.59. The molecular weight excluding hydrogens is 348 g/mol. The van der Waals surface area contributed by atoms with Crippen LogP contribution in [-0.2, 0) is 4.79 Å². The molecule has 0 fully saturated rings. The first-order valence-corrected chi connectivity index (χ1v) is 7.60. The maximum atomic E-state index is 12.0. The Labute approximate surface area is 135 Å². The van der Waals surface area contributed by atoms with Crippen LogP contribution in [0.3, 0.4) is 0 Å². The van der Waals surface area contributed by atoms with Gasteiger partial charge in [0.05, 0.1) is 6.42 Å². The highest BCUT2D eigenvalue weighted by molar-refractivity contribution is 9.12. The highest BCUT2D eigenvalue weighted by Gasteiger charge is 2.14. The number of aromatic nitrogens is 3. The van der Waals surface area contributed by atoms with Crippen LogP contribution in [0.15, 0.2) is 51.2 Å². The summed E-state index contributed by atoms with van der Waals surface area (Å²) < 4.78 is 6.40. The Hall–Kier alpha value is -2.28. The van der Waals surface area contributed by atoms with Gasteiger partial charge in [-0.1, -0.05) is 33.2 Å². The number of anilines is 1. The summed E-state index contributed by atoms with van der Waals surface area (Å²) in [6.45, 7) is 0. The lowest BCUT2D eigenvalue weighted by atomic mass is 10.0. The number of nitrogens with zero attached hydrogens (tertiary/aromatic N) is 3. The van der Waals surface area contributed by atoms with Gasteiger partial charge in [0.25, 0.3) is 0 Å². The van der Waals surface area contributed by atoms with Crippen molar-refractivity contribution in [1.82, 2.24) is 15.2 Å². The average molecular weight is 361 g/mol. The quantitative estimate of drug-likeness (QED) is 0.902. The van der Waals surface area contributed by atoms with Crippen molar-refractivity contribution in [2.75, 3.05) is 5.32 Å².